The van der Waals surface area contributed by atoms with E-state index in [2.05, 4.69) is 0 Å². The molecule has 0 fully saturated rings. The van der Waals surface area contributed by atoms with Gasteiger partial charge in [0.1, 0.15) is 11.6 Å². The van der Waals surface area contributed by atoms with Crippen LogP contribution in [0.15, 0.2) is 54.6 Å². The van der Waals surface area contributed by atoms with Gasteiger partial charge in [0.05, 0.1) is 21.7 Å². The van der Waals surface area contributed by atoms with Gasteiger partial charge in [-0.3, -0.25) is 14.4 Å². The molecule has 0 amide bonds. The highest BCUT2D eigenvalue weighted by Crippen LogP contribution is 2.34. The van der Waals surface area contributed by atoms with Crippen molar-refractivity contribution in [3.63, 3.8) is 0 Å². The molecule has 0 spiro atoms. The van der Waals surface area contributed by atoms with E-state index in [0.29, 0.717) is 6.07 Å². The Balaban J connectivity index is 1.61. The first-order valence-corrected chi connectivity index (χ1v) is 9.33. The van der Waals surface area contributed by atoms with Gasteiger partial charge in [0.25, 0.3) is 0 Å². The number of esters is 1. The second kappa shape index (κ2) is 7.85. The van der Waals surface area contributed by atoms with Crippen LogP contribution in [0.3, 0.4) is 0 Å². The van der Waals surface area contributed by atoms with Crippen molar-refractivity contribution in [1.82, 2.24) is 0 Å². The number of hydrogen-bond donors (Lipinski definition) is 0. The van der Waals surface area contributed by atoms with E-state index in [1.165, 1.54) is 24.3 Å². The van der Waals surface area contributed by atoms with Crippen LogP contribution in [0, 0.1) is 11.6 Å². The van der Waals surface area contributed by atoms with E-state index in [0.717, 1.165) is 12.1 Å². The molecule has 0 atom stereocenters. The van der Waals surface area contributed by atoms with Crippen molar-refractivity contribution in [3.05, 3.63) is 105 Å². The van der Waals surface area contributed by atoms with Crippen LogP contribution in [0.1, 0.15) is 52.6 Å². The zero-order valence-electron chi connectivity index (χ0n) is 15.6. The van der Waals surface area contributed by atoms with Gasteiger partial charge in [-0.2, -0.15) is 0 Å². The van der Waals surface area contributed by atoms with E-state index in [1.54, 1.807) is 12.1 Å². The van der Waals surface area contributed by atoms with Gasteiger partial charge in [-0.15, -0.1) is 0 Å². The Kier molecular flexibility index (Phi) is 5.20. The van der Waals surface area contributed by atoms with Crippen molar-refractivity contribution in [3.8, 4) is 0 Å². The zero-order chi connectivity index (χ0) is 22.3. The molecule has 0 saturated carbocycles. The number of fused-ring (bicyclic) bond motifs is 2. The van der Waals surface area contributed by atoms with E-state index >= 15 is 0 Å². The van der Waals surface area contributed by atoms with Crippen LogP contribution in [-0.4, -0.2) is 29.9 Å². The number of rotatable bonds is 4. The summed E-state index contributed by atoms with van der Waals surface area (Å²) in [5.41, 5.74) is -0.515. The Labute approximate surface area is 179 Å². The molecular weight excluding hydrogens is 430 g/mol. The summed E-state index contributed by atoms with van der Waals surface area (Å²) in [5.74, 6) is -4.74. The standard InChI is InChI=1S/C23H11ClF2O5/c24-20-15(23(30)31-10-18(27)16-9-11(25)5-8-17(16)26)7-6-14-19(20)22(29)13-4-2-1-3-12(13)21(14)28/h1-9H,10H2. The van der Waals surface area contributed by atoms with Gasteiger partial charge < -0.3 is 4.74 Å². The van der Waals surface area contributed by atoms with E-state index in [9.17, 15) is 28.0 Å². The van der Waals surface area contributed by atoms with Crippen LogP contribution < -0.4 is 0 Å². The topological polar surface area (TPSA) is 77.5 Å². The Morgan fingerprint density at radius 3 is 2.23 bits per heavy atom. The molecule has 1 aliphatic carbocycles. The van der Waals surface area contributed by atoms with Crippen LogP contribution >= 0.6 is 11.6 Å². The molecule has 0 saturated heterocycles. The predicted octanol–water partition coefficient (Wildman–Crippen LogP) is 4.43. The van der Waals surface area contributed by atoms with E-state index in [4.69, 9.17) is 16.3 Å². The number of carbonyl (C=O) groups excluding carboxylic acids is 4. The number of ketones is 3. The fourth-order valence-electron chi connectivity index (χ4n) is 3.30. The maximum Gasteiger partial charge on any atom is 0.340 e. The molecule has 31 heavy (non-hydrogen) atoms. The van der Waals surface area contributed by atoms with Crippen molar-refractivity contribution in [2.45, 2.75) is 0 Å². The van der Waals surface area contributed by atoms with Crippen molar-refractivity contribution < 1.29 is 32.7 Å². The lowest BCUT2D eigenvalue weighted by atomic mass is 9.83. The van der Waals surface area contributed by atoms with Gasteiger partial charge in [-0.05, 0) is 30.3 Å². The molecule has 1 aliphatic rings. The lowest BCUT2D eigenvalue weighted by Gasteiger charge is -2.19. The Morgan fingerprint density at radius 1 is 0.839 bits per heavy atom. The molecule has 0 aromatic heterocycles. The highest BCUT2D eigenvalue weighted by Gasteiger charge is 2.33. The van der Waals surface area contributed by atoms with Gasteiger partial charge >= 0.3 is 5.97 Å². The van der Waals surface area contributed by atoms with Gasteiger partial charge in [-0.25, -0.2) is 13.6 Å². The van der Waals surface area contributed by atoms with Crippen LogP contribution in [0.5, 0.6) is 0 Å². The van der Waals surface area contributed by atoms with Gasteiger partial charge in [-0.1, -0.05) is 35.9 Å². The maximum absolute atomic E-state index is 13.7. The van der Waals surface area contributed by atoms with Crippen molar-refractivity contribution in [2.75, 3.05) is 6.61 Å². The molecule has 0 N–H and O–H groups in total. The summed E-state index contributed by atoms with van der Waals surface area (Å²) in [7, 11) is 0. The smallest absolute Gasteiger partial charge is 0.340 e. The lowest BCUT2D eigenvalue weighted by molar-refractivity contribution is 0.0473. The SMILES string of the molecule is O=C(COC(=O)c1ccc2c(c1Cl)C(=O)c1ccccc1C2=O)c1cc(F)ccc1F. The molecule has 5 nitrogen and oxygen atoms in total. The fourth-order valence-corrected chi connectivity index (χ4v) is 3.63. The monoisotopic (exact) mass is 440 g/mol. The summed E-state index contributed by atoms with van der Waals surface area (Å²) in [4.78, 5) is 50.1. The second-order valence-electron chi connectivity index (χ2n) is 6.68. The molecular formula is C23H11ClF2O5. The summed E-state index contributed by atoms with van der Waals surface area (Å²) < 4.78 is 31.8. The highest BCUT2D eigenvalue weighted by atomic mass is 35.5. The highest BCUT2D eigenvalue weighted by molar-refractivity contribution is 6.41. The van der Waals surface area contributed by atoms with E-state index in [-0.39, 0.29) is 32.8 Å². The van der Waals surface area contributed by atoms with Crippen molar-refractivity contribution in [2.24, 2.45) is 0 Å². The van der Waals surface area contributed by atoms with E-state index < -0.39 is 47.1 Å². The van der Waals surface area contributed by atoms with Crippen LogP contribution in [0.2, 0.25) is 5.02 Å². The third kappa shape index (κ3) is 3.53. The molecule has 0 aliphatic heterocycles. The summed E-state index contributed by atoms with van der Waals surface area (Å²) in [6, 6.07) is 11.0. The van der Waals surface area contributed by atoms with Gasteiger partial charge in [0.15, 0.2) is 18.2 Å². The average molecular weight is 441 g/mol. The number of ether oxygens (including phenoxy) is 1. The van der Waals surface area contributed by atoms with E-state index in [1.807, 2.05) is 0 Å². The number of benzene rings is 3. The molecule has 0 radical (unpaired) electrons. The number of halogens is 3. The first-order chi connectivity index (χ1) is 14.8. The van der Waals surface area contributed by atoms with Crippen LogP contribution in [0.25, 0.3) is 0 Å². The first-order valence-electron chi connectivity index (χ1n) is 8.96. The maximum atomic E-state index is 13.7. The summed E-state index contributed by atoms with van der Waals surface area (Å²) in [5, 5.41) is -0.292. The molecule has 3 aromatic carbocycles. The quantitative estimate of drug-likeness (QED) is 0.346. The minimum atomic E-state index is -1.06. The number of hydrogen-bond acceptors (Lipinski definition) is 5. The molecule has 4 rings (SSSR count). The molecule has 0 unspecified atom stereocenters. The molecule has 3 aromatic rings. The number of carbonyl (C=O) groups is 4. The van der Waals surface area contributed by atoms with Gasteiger partial charge in [0.2, 0.25) is 5.78 Å². The molecule has 8 heteroatoms. The zero-order valence-corrected chi connectivity index (χ0v) is 16.3. The Hall–Kier alpha value is -3.71. The molecule has 154 valence electrons. The van der Waals surface area contributed by atoms with Crippen LogP contribution in [0.4, 0.5) is 8.78 Å². The Morgan fingerprint density at radius 2 is 1.52 bits per heavy atom. The number of Topliss-reactive ketones (excluding diaryl/α,β-unsaturated/α-hetero) is 1. The molecule has 0 bridgehead atoms. The average Bonchev–Trinajstić information content (AvgIpc) is 2.77. The lowest BCUT2D eigenvalue weighted by Crippen LogP contribution is -2.23. The Bertz CT molecular complexity index is 1300. The van der Waals surface area contributed by atoms with Crippen molar-refractivity contribution >= 4 is 34.9 Å². The van der Waals surface area contributed by atoms with Gasteiger partial charge in [0, 0.05) is 16.7 Å². The third-order valence-corrected chi connectivity index (χ3v) is 5.21. The van der Waals surface area contributed by atoms with Crippen molar-refractivity contribution in [1.29, 1.82) is 0 Å². The van der Waals surface area contributed by atoms with Crippen LogP contribution in [-0.2, 0) is 4.74 Å². The third-order valence-electron chi connectivity index (χ3n) is 4.81. The second-order valence-corrected chi connectivity index (χ2v) is 7.05. The molecule has 0 heterocycles. The first kappa shape index (κ1) is 20.6. The summed E-state index contributed by atoms with van der Waals surface area (Å²) >= 11 is 6.26. The predicted molar refractivity (Wildman–Crippen MR) is 106 cm³/mol. The summed E-state index contributed by atoms with van der Waals surface area (Å²) in [6.07, 6.45) is 0. The fraction of sp³-hybridized carbons (Fsp3) is 0.0435. The minimum absolute atomic E-state index is 0.0446. The largest absolute Gasteiger partial charge is 0.454 e. The summed E-state index contributed by atoms with van der Waals surface area (Å²) in [6.45, 7) is -0.873. The minimum Gasteiger partial charge on any atom is -0.454 e. The normalized spacial score (nSPS) is 12.2.